The molecule has 0 spiro atoms. The van der Waals surface area contributed by atoms with Crippen molar-refractivity contribution in [1.82, 2.24) is 4.98 Å². The highest BCUT2D eigenvalue weighted by atomic mass is 16.5. The lowest BCUT2D eigenvalue weighted by Gasteiger charge is -2.18. The molecule has 2 rings (SSSR count). The average molecular weight is 192 g/mol. The maximum Gasteiger partial charge on any atom is 0.0883 e. The van der Waals surface area contributed by atoms with E-state index in [2.05, 4.69) is 11.9 Å². The Kier molecular flexibility index (Phi) is 2.79. The lowest BCUT2D eigenvalue weighted by atomic mass is 9.94. The fourth-order valence-electron chi connectivity index (χ4n) is 1.99. The first-order valence-corrected chi connectivity index (χ1v) is 5.05. The number of aryl methyl sites for hydroxylation is 1. The van der Waals surface area contributed by atoms with E-state index in [1.54, 1.807) is 0 Å². The minimum absolute atomic E-state index is 0.161. The van der Waals surface area contributed by atoms with Gasteiger partial charge in [0.05, 0.1) is 6.10 Å². The van der Waals surface area contributed by atoms with Gasteiger partial charge in [0.15, 0.2) is 0 Å². The predicted octanol–water partition coefficient (Wildman–Crippen LogP) is 1.43. The van der Waals surface area contributed by atoms with Gasteiger partial charge in [-0.1, -0.05) is 0 Å². The molecule has 2 N–H and O–H groups in total. The number of aromatic nitrogens is 1. The van der Waals surface area contributed by atoms with E-state index in [1.807, 2.05) is 18.5 Å². The van der Waals surface area contributed by atoms with Crippen LogP contribution in [-0.2, 0) is 4.74 Å². The number of nitrogens with two attached hydrogens (primary N) is 1. The molecule has 2 atom stereocenters. The van der Waals surface area contributed by atoms with Crippen molar-refractivity contribution in [3.8, 4) is 0 Å². The van der Waals surface area contributed by atoms with Gasteiger partial charge in [0.2, 0.25) is 0 Å². The van der Waals surface area contributed by atoms with Crippen LogP contribution in [0.4, 0.5) is 0 Å². The maximum atomic E-state index is 5.71. The quantitative estimate of drug-likeness (QED) is 0.771. The van der Waals surface area contributed by atoms with Crippen LogP contribution in [0.25, 0.3) is 0 Å². The molecule has 0 aliphatic carbocycles. The summed E-state index contributed by atoms with van der Waals surface area (Å²) in [7, 11) is 0. The van der Waals surface area contributed by atoms with Crippen molar-refractivity contribution < 1.29 is 4.74 Å². The van der Waals surface area contributed by atoms with Crippen molar-refractivity contribution in [3.63, 3.8) is 0 Å². The highest BCUT2D eigenvalue weighted by Crippen LogP contribution is 2.34. The second-order valence-electron chi connectivity index (χ2n) is 3.81. The number of ether oxygens (including phenoxy) is 1. The molecule has 0 radical (unpaired) electrons. The summed E-state index contributed by atoms with van der Waals surface area (Å²) in [6.07, 6.45) is 4.93. The van der Waals surface area contributed by atoms with E-state index < -0.39 is 0 Å². The van der Waals surface area contributed by atoms with Crippen LogP contribution in [0, 0.1) is 12.8 Å². The maximum absolute atomic E-state index is 5.71. The summed E-state index contributed by atoms with van der Waals surface area (Å²) in [5.74, 6) is 0.456. The highest BCUT2D eigenvalue weighted by Gasteiger charge is 2.29. The fraction of sp³-hybridized carbons (Fsp3) is 0.545. The molecule has 1 aromatic heterocycles. The molecule has 1 aromatic rings. The van der Waals surface area contributed by atoms with Crippen LogP contribution >= 0.6 is 0 Å². The number of pyridine rings is 1. The van der Waals surface area contributed by atoms with E-state index in [9.17, 15) is 0 Å². The first-order valence-electron chi connectivity index (χ1n) is 5.05. The van der Waals surface area contributed by atoms with Crippen molar-refractivity contribution in [2.45, 2.75) is 19.4 Å². The summed E-state index contributed by atoms with van der Waals surface area (Å²) < 4.78 is 5.70. The Bertz CT molecular complexity index is 314. The van der Waals surface area contributed by atoms with Gasteiger partial charge in [-0.3, -0.25) is 4.98 Å². The topological polar surface area (TPSA) is 48.1 Å². The van der Waals surface area contributed by atoms with Crippen LogP contribution in [0.1, 0.15) is 23.7 Å². The molecule has 2 unspecified atom stereocenters. The molecule has 14 heavy (non-hydrogen) atoms. The Morgan fingerprint density at radius 3 is 3.21 bits per heavy atom. The van der Waals surface area contributed by atoms with E-state index in [1.165, 1.54) is 11.1 Å². The smallest absolute Gasteiger partial charge is 0.0883 e. The van der Waals surface area contributed by atoms with Crippen molar-refractivity contribution >= 4 is 0 Å². The minimum atomic E-state index is 0.161. The van der Waals surface area contributed by atoms with Crippen molar-refractivity contribution in [3.05, 3.63) is 29.6 Å². The van der Waals surface area contributed by atoms with Gasteiger partial charge in [-0.15, -0.1) is 0 Å². The van der Waals surface area contributed by atoms with Gasteiger partial charge in [-0.2, -0.15) is 0 Å². The molecule has 0 bridgehead atoms. The third-order valence-corrected chi connectivity index (χ3v) is 2.90. The number of rotatable bonds is 2. The SMILES string of the molecule is Cc1ccncc1C1OCCC1CN. The van der Waals surface area contributed by atoms with Crippen LogP contribution in [0.2, 0.25) is 0 Å². The first-order chi connectivity index (χ1) is 6.83. The fourth-order valence-corrected chi connectivity index (χ4v) is 1.99. The molecule has 0 aromatic carbocycles. The van der Waals surface area contributed by atoms with Crippen LogP contribution in [0.3, 0.4) is 0 Å². The summed E-state index contributed by atoms with van der Waals surface area (Å²) in [6, 6.07) is 2.02. The monoisotopic (exact) mass is 192 g/mol. The summed E-state index contributed by atoms with van der Waals surface area (Å²) in [5.41, 5.74) is 8.15. The van der Waals surface area contributed by atoms with Crippen LogP contribution in [-0.4, -0.2) is 18.1 Å². The molecule has 1 saturated heterocycles. The highest BCUT2D eigenvalue weighted by molar-refractivity contribution is 5.25. The Balaban J connectivity index is 2.26. The average Bonchev–Trinajstić information content (AvgIpc) is 2.66. The molecular weight excluding hydrogens is 176 g/mol. The number of nitrogens with zero attached hydrogens (tertiary/aromatic N) is 1. The predicted molar refractivity (Wildman–Crippen MR) is 54.8 cm³/mol. The van der Waals surface area contributed by atoms with E-state index >= 15 is 0 Å². The standard InChI is InChI=1S/C11H16N2O/c1-8-2-4-13-7-10(8)11-9(6-12)3-5-14-11/h2,4,7,9,11H,3,5-6,12H2,1H3. The molecule has 76 valence electrons. The van der Waals surface area contributed by atoms with Gasteiger partial charge in [-0.05, 0) is 31.5 Å². The van der Waals surface area contributed by atoms with Gasteiger partial charge in [-0.25, -0.2) is 0 Å². The van der Waals surface area contributed by atoms with E-state index in [0.29, 0.717) is 12.5 Å². The van der Waals surface area contributed by atoms with Crippen molar-refractivity contribution in [1.29, 1.82) is 0 Å². The number of hydrogen-bond acceptors (Lipinski definition) is 3. The lowest BCUT2D eigenvalue weighted by Crippen LogP contribution is -2.18. The second-order valence-corrected chi connectivity index (χ2v) is 3.81. The summed E-state index contributed by atoms with van der Waals surface area (Å²) in [5, 5.41) is 0. The summed E-state index contributed by atoms with van der Waals surface area (Å²) in [6.45, 7) is 3.60. The van der Waals surface area contributed by atoms with Gasteiger partial charge in [0.25, 0.3) is 0 Å². The lowest BCUT2D eigenvalue weighted by molar-refractivity contribution is 0.0917. The molecular formula is C11H16N2O. The Morgan fingerprint density at radius 2 is 2.50 bits per heavy atom. The molecule has 2 heterocycles. The molecule has 0 saturated carbocycles. The largest absolute Gasteiger partial charge is 0.373 e. The summed E-state index contributed by atoms with van der Waals surface area (Å²) in [4.78, 5) is 4.14. The zero-order valence-corrected chi connectivity index (χ0v) is 8.44. The normalized spacial score (nSPS) is 26.7. The first kappa shape index (κ1) is 9.62. The molecule has 3 heteroatoms. The Labute approximate surface area is 84.3 Å². The summed E-state index contributed by atoms with van der Waals surface area (Å²) >= 11 is 0. The third-order valence-electron chi connectivity index (χ3n) is 2.90. The van der Waals surface area contributed by atoms with Gasteiger partial charge in [0.1, 0.15) is 0 Å². The third kappa shape index (κ3) is 1.65. The zero-order chi connectivity index (χ0) is 9.97. The molecule has 0 amide bonds. The van der Waals surface area contributed by atoms with Gasteiger partial charge >= 0.3 is 0 Å². The van der Waals surface area contributed by atoms with E-state index in [-0.39, 0.29) is 6.10 Å². The van der Waals surface area contributed by atoms with Crippen molar-refractivity contribution in [2.24, 2.45) is 11.7 Å². The van der Waals surface area contributed by atoms with Crippen LogP contribution in [0.5, 0.6) is 0 Å². The van der Waals surface area contributed by atoms with E-state index in [0.717, 1.165) is 13.0 Å². The second kappa shape index (κ2) is 4.07. The van der Waals surface area contributed by atoms with E-state index in [4.69, 9.17) is 10.5 Å². The Hall–Kier alpha value is -0.930. The van der Waals surface area contributed by atoms with Gasteiger partial charge < -0.3 is 10.5 Å². The minimum Gasteiger partial charge on any atom is -0.373 e. The van der Waals surface area contributed by atoms with Crippen molar-refractivity contribution in [2.75, 3.05) is 13.2 Å². The zero-order valence-electron chi connectivity index (χ0n) is 8.44. The molecule has 3 nitrogen and oxygen atoms in total. The van der Waals surface area contributed by atoms with Gasteiger partial charge in [0, 0.05) is 30.5 Å². The molecule has 1 aliphatic rings. The molecule has 1 aliphatic heterocycles. The number of hydrogen-bond donors (Lipinski definition) is 1. The van der Waals surface area contributed by atoms with Crippen LogP contribution < -0.4 is 5.73 Å². The van der Waals surface area contributed by atoms with Crippen LogP contribution in [0.15, 0.2) is 18.5 Å². The Morgan fingerprint density at radius 1 is 1.64 bits per heavy atom. The molecule has 1 fully saturated rings.